The van der Waals surface area contributed by atoms with Gasteiger partial charge in [-0.25, -0.2) is 0 Å². The van der Waals surface area contributed by atoms with Gasteiger partial charge in [0.05, 0.1) is 14.2 Å². The van der Waals surface area contributed by atoms with Gasteiger partial charge in [-0.05, 0) is 0 Å². The van der Waals surface area contributed by atoms with Crippen molar-refractivity contribution in [3.05, 3.63) is 51.8 Å². The van der Waals surface area contributed by atoms with E-state index in [0.29, 0.717) is 5.56 Å². The van der Waals surface area contributed by atoms with Crippen LogP contribution in [0.15, 0.2) is 35.1 Å². The number of nitrogens with one attached hydrogen (secondary N) is 1. The summed E-state index contributed by atoms with van der Waals surface area (Å²) in [6, 6.07) is 8.18. The summed E-state index contributed by atoms with van der Waals surface area (Å²) >= 11 is 0. The lowest BCUT2D eigenvalue weighted by molar-refractivity contribution is 0.103. The number of hydrogen-bond acceptors (Lipinski definition) is 5. The van der Waals surface area contributed by atoms with E-state index in [1.165, 1.54) is 14.2 Å². The summed E-state index contributed by atoms with van der Waals surface area (Å²) < 4.78 is 9.84. The monoisotopic (exact) mass is 275 g/mol. The fourth-order valence-corrected chi connectivity index (χ4v) is 1.83. The molecule has 0 saturated carbocycles. The van der Waals surface area contributed by atoms with Crippen LogP contribution in [0.4, 0.5) is 0 Å². The van der Waals surface area contributed by atoms with Gasteiger partial charge in [0.15, 0.2) is 5.75 Å². The highest BCUT2D eigenvalue weighted by Gasteiger charge is 2.24. The van der Waals surface area contributed by atoms with Crippen molar-refractivity contribution in [2.24, 2.45) is 0 Å². The summed E-state index contributed by atoms with van der Waals surface area (Å²) in [4.78, 5) is 26.6. The van der Waals surface area contributed by atoms with Crippen LogP contribution in [-0.4, -0.2) is 30.1 Å². The molecule has 1 aromatic carbocycles. The molecule has 0 unspecified atom stereocenters. The van der Waals surface area contributed by atoms with Crippen LogP contribution in [0.3, 0.4) is 0 Å². The number of pyridine rings is 1. The smallest absolute Gasteiger partial charge is 0.266 e. The Balaban J connectivity index is 2.64. The Hall–Kier alpha value is -2.76. The first kappa shape index (κ1) is 13.7. The molecule has 0 radical (unpaired) electrons. The molecular formula is C14H13NO5. The van der Waals surface area contributed by atoms with E-state index in [9.17, 15) is 14.7 Å². The largest absolute Gasteiger partial charge is 0.503 e. The molecule has 0 atom stereocenters. The Kier molecular flexibility index (Phi) is 3.74. The van der Waals surface area contributed by atoms with Crippen molar-refractivity contribution < 1.29 is 19.4 Å². The lowest BCUT2D eigenvalue weighted by Gasteiger charge is -2.11. The van der Waals surface area contributed by atoms with Gasteiger partial charge >= 0.3 is 0 Å². The third kappa shape index (κ3) is 2.23. The van der Waals surface area contributed by atoms with E-state index in [1.54, 1.807) is 30.3 Å². The summed E-state index contributed by atoms with van der Waals surface area (Å²) in [5, 5.41) is 10.1. The molecule has 0 bridgehead atoms. The van der Waals surface area contributed by atoms with Crippen molar-refractivity contribution in [3.63, 3.8) is 0 Å². The zero-order chi connectivity index (χ0) is 14.7. The minimum atomic E-state index is -0.742. The Morgan fingerprint density at radius 2 is 1.80 bits per heavy atom. The predicted molar refractivity (Wildman–Crippen MR) is 71.7 cm³/mol. The molecule has 1 aromatic heterocycles. The number of benzene rings is 1. The number of rotatable bonds is 4. The lowest BCUT2D eigenvalue weighted by atomic mass is 10.0. The molecule has 0 aliphatic heterocycles. The molecule has 2 aromatic rings. The average Bonchev–Trinajstić information content (AvgIpc) is 2.47. The van der Waals surface area contributed by atoms with E-state index in [-0.39, 0.29) is 17.2 Å². The lowest BCUT2D eigenvalue weighted by Crippen LogP contribution is -2.20. The number of ketones is 1. The number of carbonyl (C=O) groups excluding carboxylic acids is 1. The van der Waals surface area contributed by atoms with E-state index < -0.39 is 17.1 Å². The summed E-state index contributed by atoms with van der Waals surface area (Å²) in [6.45, 7) is 0. The molecular weight excluding hydrogens is 262 g/mol. The molecule has 2 rings (SSSR count). The fraction of sp³-hybridized carbons (Fsp3) is 0.143. The van der Waals surface area contributed by atoms with Crippen LogP contribution in [-0.2, 0) is 0 Å². The van der Waals surface area contributed by atoms with E-state index >= 15 is 0 Å². The van der Waals surface area contributed by atoms with E-state index in [1.807, 2.05) is 0 Å². The summed E-state index contributed by atoms with van der Waals surface area (Å²) in [6.07, 6.45) is 0. The number of aromatic hydroxyl groups is 1. The van der Waals surface area contributed by atoms with Gasteiger partial charge in [-0.15, -0.1) is 0 Å². The van der Waals surface area contributed by atoms with Crippen LogP contribution in [0, 0.1) is 0 Å². The second-order valence-electron chi connectivity index (χ2n) is 3.94. The first-order valence-electron chi connectivity index (χ1n) is 5.77. The SMILES string of the molecule is COc1[nH]c(=O)c(C(=O)c2ccccc2)c(O)c1OC. The quantitative estimate of drug-likeness (QED) is 0.822. The number of aromatic amines is 1. The molecule has 6 heteroatoms. The highest BCUT2D eigenvalue weighted by atomic mass is 16.5. The first-order valence-corrected chi connectivity index (χ1v) is 5.77. The molecule has 0 amide bonds. The maximum absolute atomic E-state index is 12.3. The first-order chi connectivity index (χ1) is 9.60. The number of aromatic nitrogens is 1. The van der Waals surface area contributed by atoms with Gasteiger partial charge in [-0.2, -0.15) is 0 Å². The maximum atomic E-state index is 12.3. The highest BCUT2D eigenvalue weighted by molar-refractivity contribution is 6.10. The van der Waals surface area contributed by atoms with Crippen molar-refractivity contribution in [2.45, 2.75) is 0 Å². The minimum Gasteiger partial charge on any atom is -0.503 e. The molecule has 0 fully saturated rings. The van der Waals surface area contributed by atoms with Crippen molar-refractivity contribution in [3.8, 4) is 17.4 Å². The highest BCUT2D eigenvalue weighted by Crippen LogP contribution is 2.35. The van der Waals surface area contributed by atoms with Gasteiger partial charge in [0.25, 0.3) is 5.56 Å². The third-order valence-electron chi connectivity index (χ3n) is 2.78. The Labute approximate surface area is 114 Å². The van der Waals surface area contributed by atoms with E-state index in [2.05, 4.69) is 4.98 Å². The number of carbonyl (C=O) groups is 1. The van der Waals surface area contributed by atoms with Gasteiger partial charge in [0.1, 0.15) is 5.56 Å². The molecule has 1 heterocycles. The number of methoxy groups -OCH3 is 2. The summed E-state index contributed by atoms with van der Waals surface area (Å²) in [5.41, 5.74) is -0.830. The number of hydrogen-bond donors (Lipinski definition) is 2. The van der Waals surface area contributed by atoms with Gasteiger partial charge < -0.3 is 14.6 Å². The number of ether oxygens (including phenoxy) is 2. The summed E-state index contributed by atoms with van der Waals surface area (Å²) in [5.74, 6) is -1.27. The van der Waals surface area contributed by atoms with Crippen molar-refractivity contribution in [2.75, 3.05) is 14.2 Å². The van der Waals surface area contributed by atoms with Crippen LogP contribution in [0.5, 0.6) is 17.4 Å². The molecule has 104 valence electrons. The van der Waals surface area contributed by atoms with E-state index in [0.717, 1.165) is 0 Å². The predicted octanol–water partition coefficient (Wildman–Crippen LogP) is 1.33. The van der Waals surface area contributed by atoms with Gasteiger partial charge in [0, 0.05) is 5.56 Å². The summed E-state index contributed by atoms with van der Waals surface area (Å²) in [7, 11) is 2.61. The maximum Gasteiger partial charge on any atom is 0.266 e. The Morgan fingerprint density at radius 1 is 1.15 bits per heavy atom. The van der Waals surface area contributed by atoms with Crippen LogP contribution < -0.4 is 15.0 Å². The van der Waals surface area contributed by atoms with Crippen LogP contribution >= 0.6 is 0 Å². The standard InChI is InChI=1S/C14H13NO5/c1-19-12-11(17)9(13(18)15-14(12)20-2)10(16)8-6-4-3-5-7-8/h3-7H,1-2H3,(H2,15,17,18). The van der Waals surface area contributed by atoms with Crippen molar-refractivity contribution >= 4 is 5.78 Å². The van der Waals surface area contributed by atoms with Crippen LogP contribution in [0.2, 0.25) is 0 Å². The second-order valence-corrected chi connectivity index (χ2v) is 3.94. The topological polar surface area (TPSA) is 88.6 Å². The van der Waals surface area contributed by atoms with Gasteiger partial charge in [-0.1, -0.05) is 30.3 Å². The molecule has 0 aliphatic rings. The average molecular weight is 275 g/mol. The molecule has 2 N–H and O–H groups in total. The molecule has 0 spiro atoms. The van der Waals surface area contributed by atoms with Crippen molar-refractivity contribution in [1.29, 1.82) is 0 Å². The zero-order valence-electron chi connectivity index (χ0n) is 11.0. The Morgan fingerprint density at radius 3 is 2.35 bits per heavy atom. The molecule has 0 saturated heterocycles. The molecule has 6 nitrogen and oxygen atoms in total. The minimum absolute atomic E-state index is 0.0420. The zero-order valence-corrected chi connectivity index (χ0v) is 11.0. The van der Waals surface area contributed by atoms with Crippen molar-refractivity contribution in [1.82, 2.24) is 4.98 Å². The van der Waals surface area contributed by atoms with E-state index in [4.69, 9.17) is 9.47 Å². The molecule has 0 aliphatic carbocycles. The third-order valence-corrected chi connectivity index (χ3v) is 2.78. The second kappa shape index (κ2) is 5.48. The van der Waals surface area contributed by atoms with Gasteiger partial charge in [0.2, 0.25) is 17.4 Å². The van der Waals surface area contributed by atoms with Crippen LogP contribution in [0.1, 0.15) is 15.9 Å². The Bertz CT molecular complexity index is 691. The van der Waals surface area contributed by atoms with Crippen LogP contribution in [0.25, 0.3) is 0 Å². The fourth-order valence-electron chi connectivity index (χ4n) is 1.83. The van der Waals surface area contributed by atoms with Gasteiger partial charge in [-0.3, -0.25) is 14.6 Å². The number of H-pyrrole nitrogens is 1. The molecule has 20 heavy (non-hydrogen) atoms. The normalized spacial score (nSPS) is 10.1.